The number of rotatable bonds is 8. The minimum absolute atomic E-state index is 0.0237. The van der Waals surface area contributed by atoms with Crippen molar-refractivity contribution in [3.05, 3.63) is 66.0 Å². The molecule has 0 radical (unpaired) electrons. The van der Waals surface area contributed by atoms with E-state index < -0.39 is 0 Å². The first-order valence-electron chi connectivity index (χ1n) is 12.4. The zero-order chi connectivity index (χ0) is 25.5. The van der Waals surface area contributed by atoms with Crippen LogP contribution >= 0.6 is 0 Å². The highest BCUT2D eigenvalue weighted by atomic mass is 16.3. The molecule has 2 amide bonds. The average molecular weight is 490 g/mol. The fourth-order valence-electron chi connectivity index (χ4n) is 4.41. The van der Waals surface area contributed by atoms with Crippen molar-refractivity contribution < 1.29 is 9.90 Å². The number of carbonyl (C=O) groups is 1. The van der Waals surface area contributed by atoms with E-state index in [-0.39, 0.29) is 12.6 Å². The minimum Gasteiger partial charge on any atom is -0.395 e. The van der Waals surface area contributed by atoms with E-state index in [0.29, 0.717) is 23.9 Å². The number of amides is 2. The molecule has 1 aliphatic rings. The number of aliphatic hydroxyl groups is 1. The third kappa shape index (κ3) is 5.92. The van der Waals surface area contributed by atoms with E-state index >= 15 is 0 Å². The highest BCUT2D eigenvalue weighted by Crippen LogP contribution is 2.30. The van der Waals surface area contributed by atoms with Crippen LogP contribution in [-0.2, 0) is 0 Å². The summed E-state index contributed by atoms with van der Waals surface area (Å²) in [6.45, 7) is 11.6. The number of anilines is 5. The van der Waals surface area contributed by atoms with Crippen LogP contribution in [-0.4, -0.2) is 71.9 Å². The van der Waals surface area contributed by atoms with Crippen molar-refractivity contribution in [2.75, 3.05) is 66.3 Å². The Kier molecular flexibility index (Phi) is 8.35. The highest BCUT2D eigenvalue weighted by Gasteiger charge is 2.22. The summed E-state index contributed by atoms with van der Waals surface area (Å²) in [6.07, 6.45) is 1.41. The summed E-state index contributed by atoms with van der Waals surface area (Å²) in [5, 5.41) is 15.3. The number of carbonyl (C=O) groups excluding carboxylic acids is 1. The van der Waals surface area contributed by atoms with E-state index in [1.807, 2.05) is 44.2 Å². The lowest BCUT2D eigenvalue weighted by Gasteiger charge is -2.35. The molecule has 3 aromatic rings. The Labute approximate surface area is 212 Å². The van der Waals surface area contributed by atoms with Crippen LogP contribution in [0.1, 0.15) is 18.1 Å². The summed E-state index contributed by atoms with van der Waals surface area (Å²) in [7, 11) is 0. The van der Waals surface area contributed by atoms with Crippen LogP contribution in [0.4, 0.5) is 33.5 Å². The molecule has 0 saturated carbocycles. The number of nitrogens with zero attached hydrogens (tertiary/aromatic N) is 5. The maximum atomic E-state index is 13.7. The fourth-order valence-corrected chi connectivity index (χ4v) is 4.41. The number of aromatic nitrogens is 2. The van der Waals surface area contributed by atoms with Gasteiger partial charge in [-0.25, -0.2) is 19.7 Å². The first kappa shape index (κ1) is 25.4. The number of likely N-dealkylation sites (N-methyl/N-ethyl adjacent to an activating group) is 1. The van der Waals surface area contributed by atoms with Crippen LogP contribution in [0.5, 0.6) is 0 Å². The second-order valence-electron chi connectivity index (χ2n) is 8.88. The monoisotopic (exact) mass is 489 g/mol. The molecule has 0 spiro atoms. The van der Waals surface area contributed by atoms with E-state index in [1.165, 1.54) is 6.33 Å². The lowest BCUT2D eigenvalue weighted by molar-refractivity contribution is 0.259. The zero-order valence-electron chi connectivity index (χ0n) is 21.2. The van der Waals surface area contributed by atoms with E-state index in [2.05, 4.69) is 49.5 Å². The standard InChI is InChI=1S/C27H35N7O2/c1-4-32-13-15-33(16-14-32)22-8-10-23(11-9-22)34(25-18-24(28-12-17-35)29-19-30-25)27(36)31-26-20(2)6-5-7-21(26)3/h5-11,18-19,35H,4,12-17H2,1-3H3,(H,31,36)(H,28,29,30). The summed E-state index contributed by atoms with van der Waals surface area (Å²) in [5.41, 5.74) is 4.58. The van der Waals surface area contributed by atoms with Crippen molar-refractivity contribution >= 4 is 34.7 Å². The van der Waals surface area contributed by atoms with Gasteiger partial charge in [-0.05, 0) is 55.8 Å². The Hall–Kier alpha value is -3.69. The number of piperazine rings is 1. The maximum absolute atomic E-state index is 13.7. The molecule has 9 nitrogen and oxygen atoms in total. The number of hydrogen-bond acceptors (Lipinski definition) is 7. The van der Waals surface area contributed by atoms with Crippen LogP contribution in [0.2, 0.25) is 0 Å². The molecule has 0 bridgehead atoms. The molecule has 0 aliphatic carbocycles. The first-order valence-corrected chi connectivity index (χ1v) is 12.4. The van der Waals surface area contributed by atoms with Gasteiger partial charge in [-0.2, -0.15) is 0 Å². The third-order valence-electron chi connectivity index (χ3n) is 6.51. The molecule has 0 unspecified atom stereocenters. The Morgan fingerprint density at radius 2 is 1.72 bits per heavy atom. The molecule has 9 heteroatoms. The number of para-hydroxylation sites is 1. The fraction of sp³-hybridized carbons (Fsp3) is 0.370. The molecule has 190 valence electrons. The quantitative estimate of drug-likeness (QED) is 0.440. The Bertz CT molecular complexity index is 1140. The van der Waals surface area contributed by atoms with Gasteiger partial charge in [0.05, 0.1) is 12.3 Å². The number of benzene rings is 2. The first-order chi connectivity index (χ1) is 17.5. The van der Waals surface area contributed by atoms with Crippen LogP contribution < -0.4 is 20.4 Å². The highest BCUT2D eigenvalue weighted by molar-refractivity contribution is 6.07. The van der Waals surface area contributed by atoms with Crippen LogP contribution in [0.3, 0.4) is 0 Å². The van der Waals surface area contributed by atoms with E-state index in [4.69, 9.17) is 5.11 Å². The molecule has 1 saturated heterocycles. The number of nitrogens with one attached hydrogen (secondary N) is 2. The zero-order valence-corrected chi connectivity index (χ0v) is 21.2. The second-order valence-corrected chi connectivity index (χ2v) is 8.88. The summed E-state index contributed by atoms with van der Waals surface area (Å²) in [4.78, 5) is 28.7. The third-order valence-corrected chi connectivity index (χ3v) is 6.51. The molecule has 1 aromatic heterocycles. The molecule has 4 rings (SSSR count). The molecular weight excluding hydrogens is 454 g/mol. The normalized spacial score (nSPS) is 13.9. The summed E-state index contributed by atoms with van der Waals surface area (Å²) >= 11 is 0. The topological polar surface area (TPSA) is 96.9 Å². The number of aryl methyl sites for hydroxylation is 2. The number of urea groups is 1. The van der Waals surface area contributed by atoms with Gasteiger partial charge in [0.1, 0.15) is 18.0 Å². The van der Waals surface area contributed by atoms with Crippen molar-refractivity contribution in [3.8, 4) is 0 Å². The lowest BCUT2D eigenvalue weighted by atomic mass is 10.1. The van der Waals surface area contributed by atoms with Crippen molar-refractivity contribution in [2.24, 2.45) is 0 Å². The number of hydrogen-bond donors (Lipinski definition) is 3. The lowest BCUT2D eigenvalue weighted by Crippen LogP contribution is -2.46. The van der Waals surface area contributed by atoms with Gasteiger partial charge in [-0.15, -0.1) is 0 Å². The van der Waals surface area contributed by atoms with Gasteiger partial charge in [0, 0.05) is 50.2 Å². The Morgan fingerprint density at radius 1 is 1.03 bits per heavy atom. The van der Waals surface area contributed by atoms with Gasteiger partial charge in [0.2, 0.25) is 0 Å². The predicted molar refractivity (Wildman–Crippen MR) is 145 cm³/mol. The van der Waals surface area contributed by atoms with Gasteiger partial charge in [0.15, 0.2) is 0 Å². The van der Waals surface area contributed by atoms with E-state index in [9.17, 15) is 4.79 Å². The van der Waals surface area contributed by atoms with Gasteiger partial charge >= 0.3 is 6.03 Å². The van der Waals surface area contributed by atoms with Crippen LogP contribution in [0.15, 0.2) is 54.9 Å². The molecule has 3 N–H and O–H groups in total. The molecule has 36 heavy (non-hydrogen) atoms. The van der Waals surface area contributed by atoms with Gasteiger partial charge in [-0.1, -0.05) is 25.1 Å². The molecule has 1 fully saturated rings. The molecule has 2 aromatic carbocycles. The largest absolute Gasteiger partial charge is 0.395 e. The minimum atomic E-state index is -0.316. The van der Waals surface area contributed by atoms with Crippen LogP contribution in [0, 0.1) is 13.8 Å². The Balaban J connectivity index is 1.63. The number of aliphatic hydroxyl groups excluding tert-OH is 1. The summed E-state index contributed by atoms with van der Waals surface area (Å²) in [6, 6.07) is 15.3. The van der Waals surface area contributed by atoms with Gasteiger partial charge < -0.3 is 25.5 Å². The molecule has 1 aliphatic heterocycles. The van der Waals surface area contributed by atoms with Gasteiger partial charge in [-0.3, -0.25) is 0 Å². The molecule has 0 atom stereocenters. The van der Waals surface area contributed by atoms with Crippen molar-refractivity contribution in [1.82, 2.24) is 14.9 Å². The Morgan fingerprint density at radius 3 is 2.36 bits per heavy atom. The van der Waals surface area contributed by atoms with Gasteiger partial charge in [0.25, 0.3) is 0 Å². The van der Waals surface area contributed by atoms with E-state index in [1.54, 1.807) is 11.0 Å². The SMILES string of the molecule is CCN1CCN(c2ccc(N(C(=O)Nc3c(C)cccc3C)c3cc(NCCO)ncn3)cc2)CC1. The summed E-state index contributed by atoms with van der Waals surface area (Å²) in [5.74, 6) is 0.961. The molecular formula is C27H35N7O2. The molecule has 2 heterocycles. The van der Waals surface area contributed by atoms with Crippen molar-refractivity contribution in [2.45, 2.75) is 20.8 Å². The predicted octanol–water partition coefficient (Wildman–Crippen LogP) is 4.01. The van der Waals surface area contributed by atoms with Crippen molar-refractivity contribution in [1.29, 1.82) is 0 Å². The maximum Gasteiger partial charge on any atom is 0.332 e. The summed E-state index contributed by atoms with van der Waals surface area (Å²) < 4.78 is 0. The van der Waals surface area contributed by atoms with Crippen molar-refractivity contribution in [3.63, 3.8) is 0 Å². The van der Waals surface area contributed by atoms with E-state index in [0.717, 1.165) is 55.2 Å². The smallest absolute Gasteiger partial charge is 0.332 e. The second kappa shape index (κ2) is 11.8. The average Bonchev–Trinajstić information content (AvgIpc) is 2.90. The van der Waals surface area contributed by atoms with Crippen LogP contribution in [0.25, 0.3) is 0 Å².